The fourth-order valence-electron chi connectivity index (χ4n) is 3.76. The number of ether oxygens (including phenoxy) is 2. The molecule has 0 fully saturated rings. The minimum Gasteiger partial charge on any atom is -0.493 e. The Balaban J connectivity index is 1.59. The van der Waals surface area contributed by atoms with Gasteiger partial charge in [-0.25, -0.2) is 0 Å². The maximum absolute atomic E-state index is 12.9. The molecule has 0 bridgehead atoms. The average molecular weight is 361 g/mol. The van der Waals surface area contributed by atoms with E-state index in [4.69, 9.17) is 9.47 Å². The van der Waals surface area contributed by atoms with Crippen LogP contribution >= 0.6 is 0 Å². The molecule has 0 spiro atoms. The Morgan fingerprint density at radius 3 is 2.48 bits per heavy atom. The highest BCUT2D eigenvalue weighted by atomic mass is 16.5. The molecule has 0 radical (unpaired) electrons. The molecule has 1 aliphatic carbocycles. The van der Waals surface area contributed by atoms with Crippen LogP contribution < -0.4 is 14.8 Å². The van der Waals surface area contributed by atoms with Crippen LogP contribution in [0.1, 0.15) is 24.5 Å². The van der Waals surface area contributed by atoms with Crippen LogP contribution in [0, 0.1) is 0 Å². The number of aryl methyl sites for hydroxylation is 2. The zero-order chi connectivity index (χ0) is 18.8. The van der Waals surface area contributed by atoms with Gasteiger partial charge in [-0.05, 0) is 54.0 Å². The first-order valence-corrected chi connectivity index (χ1v) is 9.35. The van der Waals surface area contributed by atoms with Gasteiger partial charge < -0.3 is 14.8 Å². The second-order valence-electron chi connectivity index (χ2n) is 6.77. The van der Waals surface area contributed by atoms with E-state index < -0.39 is 6.10 Å². The summed E-state index contributed by atoms with van der Waals surface area (Å²) in [5.41, 5.74) is 3.55. The highest BCUT2D eigenvalue weighted by Gasteiger charge is 2.22. The monoisotopic (exact) mass is 361 g/mol. The zero-order valence-electron chi connectivity index (χ0n) is 15.6. The van der Waals surface area contributed by atoms with Crippen LogP contribution in [-0.4, -0.2) is 19.1 Å². The lowest BCUT2D eigenvalue weighted by Gasteiger charge is -2.19. The summed E-state index contributed by atoms with van der Waals surface area (Å²) in [7, 11) is 1.59. The van der Waals surface area contributed by atoms with Crippen LogP contribution in [0.5, 0.6) is 11.5 Å². The molecule has 3 aromatic carbocycles. The smallest absolute Gasteiger partial charge is 0.265 e. The lowest BCUT2D eigenvalue weighted by Crippen LogP contribution is -2.32. The molecule has 4 heteroatoms. The lowest BCUT2D eigenvalue weighted by molar-refractivity contribution is -0.122. The first-order valence-electron chi connectivity index (χ1n) is 9.35. The molecule has 0 aliphatic heterocycles. The summed E-state index contributed by atoms with van der Waals surface area (Å²) in [6, 6.07) is 17.8. The van der Waals surface area contributed by atoms with Crippen LogP contribution in [0.3, 0.4) is 0 Å². The molecule has 1 N–H and O–H groups in total. The topological polar surface area (TPSA) is 47.6 Å². The van der Waals surface area contributed by atoms with Gasteiger partial charge in [-0.2, -0.15) is 0 Å². The standard InChI is InChI=1S/C23H23NO3/c1-3-19(27-21-10-5-4-9-20(21)26-2)23(25)24-18-14-13-16-12-11-15-7-6-8-17(18)22(15)16/h4-10,13-14,19H,3,11-12H2,1-2H3,(H,24,25)/t19-/m1/s1. The van der Waals surface area contributed by atoms with Gasteiger partial charge in [0.2, 0.25) is 0 Å². The normalized spacial score (nSPS) is 13.4. The molecule has 0 unspecified atom stereocenters. The predicted molar refractivity (Wildman–Crippen MR) is 108 cm³/mol. The molecule has 1 amide bonds. The Kier molecular flexibility index (Phi) is 4.71. The van der Waals surface area contributed by atoms with Crippen molar-refractivity contribution in [2.45, 2.75) is 32.3 Å². The van der Waals surface area contributed by atoms with Crippen molar-refractivity contribution in [1.29, 1.82) is 0 Å². The molecule has 1 atom stereocenters. The van der Waals surface area contributed by atoms with Gasteiger partial charge in [-0.15, -0.1) is 0 Å². The molecule has 3 aromatic rings. The Morgan fingerprint density at radius 2 is 1.74 bits per heavy atom. The average Bonchev–Trinajstić information content (AvgIpc) is 3.13. The van der Waals surface area contributed by atoms with Crippen molar-refractivity contribution >= 4 is 22.4 Å². The summed E-state index contributed by atoms with van der Waals surface area (Å²) < 4.78 is 11.3. The van der Waals surface area contributed by atoms with Gasteiger partial charge >= 0.3 is 0 Å². The first-order chi connectivity index (χ1) is 13.2. The molecule has 27 heavy (non-hydrogen) atoms. The van der Waals surface area contributed by atoms with Gasteiger partial charge in [-0.1, -0.05) is 43.3 Å². The van der Waals surface area contributed by atoms with Crippen LogP contribution in [0.15, 0.2) is 54.6 Å². The number of benzene rings is 3. The van der Waals surface area contributed by atoms with Crippen molar-refractivity contribution in [1.82, 2.24) is 0 Å². The number of hydrogen-bond donors (Lipinski definition) is 1. The third-order valence-electron chi connectivity index (χ3n) is 5.14. The molecule has 4 nitrogen and oxygen atoms in total. The summed E-state index contributed by atoms with van der Waals surface area (Å²) in [6.07, 6.45) is 2.10. The van der Waals surface area contributed by atoms with Crippen molar-refractivity contribution < 1.29 is 14.3 Å². The minimum absolute atomic E-state index is 0.151. The van der Waals surface area contributed by atoms with E-state index in [0.29, 0.717) is 17.9 Å². The number of nitrogens with one attached hydrogen (secondary N) is 1. The first kappa shape index (κ1) is 17.4. The van der Waals surface area contributed by atoms with E-state index in [1.165, 1.54) is 16.5 Å². The van der Waals surface area contributed by atoms with Crippen LogP contribution in [0.25, 0.3) is 10.8 Å². The number of anilines is 1. The largest absolute Gasteiger partial charge is 0.493 e. The highest BCUT2D eigenvalue weighted by molar-refractivity contribution is 6.06. The lowest BCUT2D eigenvalue weighted by atomic mass is 10.0. The number of carbonyl (C=O) groups excluding carboxylic acids is 1. The number of rotatable bonds is 6. The van der Waals surface area contributed by atoms with Crippen molar-refractivity contribution in [3.05, 3.63) is 65.7 Å². The Labute approximate surface area is 159 Å². The summed E-state index contributed by atoms with van der Waals surface area (Å²) in [5, 5.41) is 5.46. The fraction of sp³-hybridized carbons (Fsp3) is 0.261. The second kappa shape index (κ2) is 7.31. The minimum atomic E-state index is -0.593. The van der Waals surface area contributed by atoms with Crippen LogP contribution in [0.4, 0.5) is 5.69 Å². The van der Waals surface area contributed by atoms with Gasteiger partial charge in [0.1, 0.15) is 0 Å². The van der Waals surface area contributed by atoms with Crippen molar-refractivity contribution in [2.75, 3.05) is 12.4 Å². The second-order valence-corrected chi connectivity index (χ2v) is 6.77. The van der Waals surface area contributed by atoms with E-state index in [9.17, 15) is 4.79 Å². The summed E-state index contributed by atoms with van der Waals surface area (Å²) in [5.74, 6) is 1.04. The van der Waals surface area contributed by atoms with Crippen molar-refractivity contribution in [2.24, 2.45) is 0 Å². The van der Waals surface area contributed by atoms with Crippen LogP contribution in [0.2, 0.25) is 0 Å². The van der Waals surface area contributed by atoms with Gasteiger partial charge in [0.15, 0.2) is 17.6 Å². The van der Waals surface area contributed by atoms with E-state index >= 15 is 0 Å². The third-order valence-corrected chi connectivity index (χ3v) is 5.14. The summed E-state index contributed by atoms with van der Waals surface area (Å²) >= 11 is 0. The molecular formula is C23H23NO3. The van der Waals surface area contributed by atoms with E-state index in [2.05, 4.69) is 29.6 Å². The van der Waals surface area contributed by atoms with E-state index in [1.54, 1.807) is 7.11 Å². The van der Waals surface area contributed by atoms with Crippen molar-refractivity contribution in [3.8, 4) is 11.5 Å². The molecule has 0 saturated heterocycles. The zero-order valence-corrected chi connectivity index (χ0v) is 15.6. The van der Waals surface area contributed by atoms with E-state index in [0.717, 1.165) is 23.9 Å². The summed E-state index contributed by atoms with van der Waals surface area (Å²) in [6.45, 7) is 1.94. The molecular weight excluding hydrogens is 338 g/mol. The number of para-hydroxylation sites is 2. The maximum atomic E-state index is 12.9. The van der Waals surface area contributed by atoms with E-state index in [1.807, 2.05) is 37.3 Å². The Morgan fingerprint density at radius 1 is 1.00 bits per heavy atom. The van der Waals surface area contributed by atoms with E-state index in [-0.39, 0.29) is 5.91 Å². The van der Waals surface area contributed by atoms with Gasteiger partial charge in [0.25, 0.3) is 5.91 Å². The highest BCUT2D eigenvalue weighted by Crippen LogP contribution is 2.35. The molecule has 0 aromatic heterocycles. The van der Waals surface area contributed by atoms with Gasteiger partial charge in [0.05, 0.1) is 7.11 Å². The quantitative estimate of drug-likeness (QED) is 0.690. The molecule has 1 aliphatic rings. The Bertz CT molecular complexity index is 986. The summed E-state index contributed by atoms with van der Waals surface area (Å²) in [4.78, 5) is 12.9. The van der Waals surface area contributed by atoms with Crippen molar-refractivity contribution in [3.63, 3.8) is 0 Å². The molecule has 0 saturated carbocycles. The maximum Gasteiger partial charge on any atom is 0.265 e. The molecule has 138 valence electrons. The third kappa shape index (κ3) is 3.23. The number of amides is 1. The van der Waals surface area contributed by atoms with Gasteiger partial charge in [-0.3, -0.25) is 4.79 Å². The number of carbonyl (C=O) groups is 1. The number of hydrogen-bond acceptors (Lipinski definition) is 3. The van der Waals surface area contributed by atoms with Crippen LogP contribution in [-0.2, 0) is 17.6 Å². The van der Waals surface area contributed by atoms with Gasteiger partial charge in [0, 0.05) is 11.1 Å². The molecule has 0 heterocycles. The fourth-order valence-corrected chi connectivity index (χ4v) is 3.76. The number of methoxy groups -OCH3 is 1. The SMILES string of the molecule is CC[C@@H](Oc1ccccc1OC)C(=O)Nc1ccc2c3c(cccc13)CC2. The molecule has 4 rings (SSSR count). The predicted octanol–water partition coefficient (Wildman–Crippen LogP) is 4.74. The Hall–Kier alpha value is -3.01.